The summed E-state index contributed by atoms with van der Waals surface area (Å²) in [5.74, 6) is 0.507. The Labute approximate surface area is 152 Å². The number of rotatable bonds is 11. The predicted molar refractivity (Wildman–Crippen MR) is 95.0 cm³/mol. The van der Waals surface area contributed by atoms with Crippen molar-refractivity contribution in [3.05, 3.63) is 60.7 Å². The van der Waals surface area contributed by atoms with Crippen LogP contribution in [0.1, 0.15) is 12.8 Å². The van der Waals surface area contributed by atoms with Gasteiger partial charge in [0.05, 0.1) is 12.8 Å². The van der Waals surface area contributed by atoms with Gasteiger partial charge in [0.2, 0.25) is 0 Å². The summed E-state index contributed by atoms with van der Waals surface area (Å²) in [5, 5.41) is 0. The molecule has 0 bridgehead atoms. The van der Waals surface area contributed by atoms with Crippen LogP contribution in [0.3, 0.4) is 0 Å². The lowest BCUT2D eigenvalue weighted by atomic mass is 10.3. The zero-order chi connectivity index (χ0) is 18.5. The van der Waals surface area contributed by atoms with Crippen LogP contribution < -0.4 is 9.47 Å². The Morgan fingerprint density at radius 2 is 0.962 bits per heavy atom. The summed E-state index contributed by atoms with van der Waals surface area (Å²) >= 11 is 0. The number of para-hydroxylation sites is 2. The van der Waals surface area contributed by atoms with Gasteiger partial charge in [-0.05, 0) is 24.3 Å². The van der Waals surface area contributed by atoms with Crippen molar-refractivity contribution < 1.29 is 28.5 Å². The van der Waals surface area contributed by atoms with Gasteiger partial charge in [0, 0.05) is 0 Å². The Morgan fingerprint density at radius 1 is 0.577 bits per heavy atom. The molecule has 0 radical (unpaired) electrons. The highest BCUT2D eigenvalue weighted by Crippen LogP contribution is 2.08. The molecule has 0 atom stereocenters. The van der Waals surface area contributed by atoms with E-state index in [1.807, 2.05) is 60.7 Å². The van der Waals surface area contributed by atoms with Gasteiger partial charge in [-0.25, -0.2) is 0 Å². The molecule has 2 aromatic carbocycles. The molecule has 138 valence electrons. The third kappa shape index (κ3) is 8.19. The minimum atomic E-state index is -0.459. The van der Waals surface area contributed by atoms with E-state index >= 15 is 0 Å². The quantitative estimate of drug-likeness (QED) is 0.454. The van der Waals surface area contributed by atoms with Crippen LogP contribution in [0, 0.1) is 0 Å². The zero-order valence-corrected chi connectivity index (χ0v) is 14.5. The lowest BCUT2D eigenvalue weighted by molar-refractivity contribution is -0.151. The Balaban J connectivity index is 1.47. The molecule has 0 fully saturated rings. The smallest absolute Gasteiger partial charge is 0.306 e. The fourth-order valence-corrected chi connectivity index (χ4v) is 2.01. The van der Waals surface area contributed by atoms with Gasteiger partial charge in [0.15, 0.2) is 0 Å². The first-order chi connectivity index (χ1) is 12.7. The van der Waals surface area contributed by atoms with Crippen LogP contribution in [0.4, 0.5) is 0 Å². The molecule has 0 N–H and O–H groups in total. The lowest BCUT2D eigenvalue weighted by Crippen LogP contribution is -2.16. The highest BCUT2D eigenvalue weighted by atomic mass is 16.6. The summed E-state index contributed by atoms with van der Waals surface area (Å²) in [4.78, 5) is 23.1. The molecule has 0 saturated carbocycles. The van der Waals surface area contributed by atoms with Crippen molar-refractivity contribution in [1.29, 1.82) is 0 Å². The van der Waals surface area contributed by atoms with Crippen molar-refractivity contribution in [3.8, 4) is 11.5 Å². The van der Waals surface area contributed by atoms with Crippen LogP contribution in [-0.2, 0) is 19.1 Å². The first-order valence-corrected chi connectivity index (χ1v) is 8.41. The van der Waals surface area contributed by atoms with Crippen LogP contribution in [0.25, 0.3) is 0 Å². The third-order valence-electron chi connectivity index (χ3n) is 3.25. The molecule has 0 spiro atoms. The van der Waals surface area contributed by atoms with Crippen LogP contribution in [0.15, 0.2) is 60.7 Å². The summed E-state index contributed by atoms with van der Waals surface area (Å²) in [7, 11) is 0. The van der Waals surface area contributed by atoms with Crippen LogP contribution in [0.2, 0.25) is 0 Å². The fraction of sp³-hybridized carbons (Fsp3) is 0.300. The largest absolute Gasteiger partial charge is 0.490 e. The van der Waals surface area contributed by atoms with E-state index in [1.54, 1.807) is 0 Å². The Kier molecular flexibility index (Phi) is 8.55. The fourth-order valence-electron chi connectivity index (χ4n) is 2.01. The Hall–Kier alpha value is -3.02. The maximum absolute atomic E-state index is 11.6. The summed E-state index contributed by atoms with van der Waals surface area (Å²) in [6, 6.07) is 18.5. The lowest BCUT2D eigenvalue weighted by Gasteiger charge is -2.08. The summed E-state index contributed by atoms with van der Waals surface area (Å²) in [6.07, 6.45) is -0.0482. The van der Waals surface area contributed by atoms with Gasteiger partial charge < -0.3 is 18.9 Å². The van der Waals surface area contributed by atoms with E-state index in [2.05, 4.69) is 0 Å². The van der Waals surface area contributed by atoms with Gasteiger partial charge in [-0.1, -0.05) is 36.4 Å². The summed E-state index contributed by atoms with van der Waals surface area (Å²) < 4.78 is 20.8. The highest BCUT2D eigenvalue weighted by Gasteiger charge is 2.09. The van der Waals surface area contributed by atoms with Crippen molar-refractivity contribution in [3.63, 3.8) is 0 Å². The minimum absolute atomic E-state index is 0.0241. The standard InChI is InChI=1S/C20H22O6/c21-19(25-15-13-23-17-7-3-1-4-8-17)11-12-20(22)26-16-14-24-18-9-5-2-6-10-18/h1-10H,11-16H2. The third-order valence-corrected chi connectivity index (χ3v) is 3.25. The molecule has 0 saturated heterocycles. The van der Waals surface area contributed by atoms with E-state index < -0.39 is 11.9 Å². The van der Waals surface area contributed by atoms with E-state index in [0.717, 1.165) is 0 Å². The van der Waals surface area contributed by atoms with Crippen molar-refractivity contribution >= 4 is 11.9 Å². The monoisotopic (exact) mass is 358 g/mol. The molecular weight excluding hydrogens is 336 g/mol. The average molecular weight is 358 g/mol. The van der Waals surface area contributed by atoms with Crippen LogP contribution >= 0.6 is 0 Å². The normalized spacial score (nSPS) is 10.0. The summed E-state index contributed by atoms with van der Waals surface area (Å²) in [5.41, 5.74) is 0. The molecule has 6 nitrogen and oxygen atoms in total. The first kappa shape index (κ1) is 19.3. The van der Waals surface area contributed by atoms with Gasteiger partial charge in [-0.2, -0.15) is 0 Å². The zero-order valence-electron chi connectivity index (χ0n) is 14.5. The second-order valence-electron chi connectivity index (χ2n) is 5.26. The van der Waals surface area contributed by atoms with Crippen molar-refractivity contribution in [1.82, 2.24) is 0 Å². The van der Waals surface area contributed by atoms with Gasteiger partial charge in [0.25, 0.3) is 0 Å². The molecule has 0 aliphatic rings. The molecule has 2 aromatic rings. The number of esters is 2. The SMILES string of the molecule is O=C(CCC(=O)OCCOc1ccccc1)OCCOc1ccccc1. The Morgan fingerprint density at radius 3 is 1.35 bits per heavy atom. The van der Waals surface area contributed by atoms with E-state index in [0.29, 0.717) is 11.5 Å². The van der Waals surface area contributed by atoms with Crippen LogP contribution in [-0.4, -0.2) is 38.4 Å². The maximum Gasteiger partial charge on any atom is 0.306 e. The molecular formula is C20H22O6. The summed E-state index contributed by atoms with van der Waals surface area (Å²) in [6.45, 7) is 0.787. The van der Waals surface area contributed by atoms with Gasteiger partial charge in [-0.3, -0.25) is 9.59 Å². The van der Waals surface area contributed by atoms with E-state index in [1.165, 1.54) is 0 Å². The molecule has 0 heterocycles. The average Bonchev–Trinajstić information content (AvgIpc) is 2.68. The van der Waals surface area contributed by atoms with Crippen molar-refractivity contribution in [2.45, 2.75) is 12.8 Å². The molecule has 0 aliphatic heterocycles. The molecule has 6 heteroatoms. The maximum atomic E-state index is 11.6. The number of carbonyl (C=O) groups is 2. The van der Waals surface area contributed by atoms with Crippen LogP contribution in [0.5, 0.6) is 11.5 Å². The molecule has 0 aromatic heterocycles. The number of ether oxygens (including phenoxy) is 4. The second-order valence-corrected chi connectivity index (χ2v) is 5.26. The molecule has 0 aliphatic carbocycles. The molecule has 0 unspecified atom stereocenters. The van der Waals surface area contributed by atoms with Crippen molar-refractivity contribution in [2.75, 3.05) is 26.4 Å². The molecule has 2 rings (SSSR count). The minimum Gasteiger partial charge on any atom is -0.490 e. The molecule has 0 amide bonds. The van der Waals surface area contributed by atoms with E-state index in [9.17, 15) is 9.59 Å². The van der Waals surface area contributed by atoms with Gasteiger partial charge in [0.1, 0.15) is 37.9 Å². The van der Waals surface area contributed by atoms with Gasteiger partial charge >= 0.3 is 11.9 Å². The topological polar surface area (TPSA) is 71.1 Å². The first-order valence-electron chi connectivity index (χ1n) is 8.41. The van der Waals surface area contributed by atoms with Gasteiger partial charge in [-0.15, -0.1) is 0 Å². The van der Waals surface area contributed by atoms with E-state index in [-0.39, 0.29) is 39.3 Å². The number of hydrogen-bond donors (Lipinski definition) is 0. The second kappa shape index (κ2) is 11.5. The predicted octanol–water partition coefficient (Wildman–Crippen LogP) is 3.01. The Bertz CT molecular complexity index is 597. The van der Waals surface area contributed by atoms with Crippen molar-refractivity contribution in [2.24, 2.45) is 0 Å². The number of hydrogen-bond acceptors (Lipinski definition) is 6. The number of benzene rings is 2. The number of carbonyl (C=O) groups excluding carboxylic acids is 2. The molecule has 26 heavy (non-hydrogen) atoms. The van der Waals surface area contributed by atoms with E-state index in [4.69, 9.17) is 18.9 Å². The highest BCUT2D eigenvalue weighted by molar-refractivity contribution is 5.77.